The van der Waals surface area contributed by atoms with E-state index in [1.807, 2.05) is 0 Å². The number of aromatic nitrogens is 2. The Morgan fingerprint density at radius 2 is 2.30 bits per heavy atom. The third kappa shape index (κ3) is 2.26. The second kappa shape index (κ2) is 5.39. The first-order valence-electron chi connectivity index (χ1n) is 6.33. The van der Waals surface area contributed by atoms with E-state index in [0.29, 0.717) is 6.42 Å². The largest absolute Gasteiger partial charge is 0.490 e. The van der Waals surface area contributed by atoms with Gasteiger partial charge in [-0.1, -0.05) is 6.92 Å². The molecule has 0 amide bonds. The highest BCUT2D eigenvalue weighted by Gasteiger charge is 2.47. The molecule has 0 aromatic carbocycles. The number of nitrogens with zero attached hydrogens (tertiary/aromatic N) is 1. The fraction of sp³-hybridized carbons (Fsp3) is 0.667. The topological polar surface area (TPSA) is 114 Å². The Bertz CT molecular complexity index is 588. The number of aromatic amines is 1. The first kappa shape index (κ1) is 14.8. The van der Waals surface area contributed by atoms with Gasteiger partial charge in [-0.05, 0) is 6.42 Å². The van der Waals surface area contributed by atoms with Gasteiger partial charge in [0, 0.05) is 6.42 Å². The van der Waals surface area contributed by atoms with Gasteiger partial charge in [0.25, 0.3) is 5.56 Å². The highest BCUT2D eigenvalue weighted by molar-refractivity contribution is 5.12. The predicted octanol–water partition coefficient (Wildman–Crippen LogP) is -1.03. The summed E-state index contributed by atoms with van der Waals surface area (Å²) >= 11 is 0. The van der Waals surface area contributed by atoms with Gasteiger partial charge in [-0.25, -0.2) is 4.79 Å². The molecule has 1 saturated heterocycles. The molecule has 0 spiro atoms. The summed E-state index contributed by atoms with van der Waals surface area (Å²) in [5.41, 5.74) is -2.37. The van der Waals surface area contributed by atoms with Crippen molar-refractivity contribution in [2.24, 2.45) is 0 Å². The number of aliphatic hydroxyl groups excluding tert-OH is 2. The molecular weight excluding hydrogens is 268 g/mol. The normalized spacial score (nSPS) is 29.6. The Morgan fingerprint density at radius 3 is 2.80 bits per heavy atom. The molecule has 1 aliphatic heterocycles. The Labute approximate surface area is 114 Å². The van der Waals surface area contributed by atoms with E-state index in [2.05, 4.69) is 4.98 Å². The van der Waals surface area contributed by atoms with Gasteiger partial charge in [-0.3, -0.25) is 14.3 Å². The van der Waals surface area contributed by atoms with E-state index >= 15 is 0 Å². The van der Waals surface area contributed by atoms with E-state index in [4.69, 9.17) is 9.47 Å². The average Bonchev–Trinajstić information content (AvgIpc) is 2.76. The van der Waals surface area contributed by atoms with Gasteiger partial charge in [0.05, 0.1) is 26.0 Å². The van der Waals surface area contributed by atoms with Gasteiger partial charge in [0.15, 0.2) is 0 Å². The van der Waals surface area contributed by atoms with Crippen LogP contribution in [0.25, 0.3) is 0 Å². The highest BCUT2D eigenvalue weighted by atomic mass is 16.6. The number of hydrogen-bond acceptors (Lipinski definition) is 6. The van der Waals surface area contributed by atoms with Crippen LogP contribution >= 0.6 is 0 Å². The smallest absolute Gasteiger partial charge is 0.330 e. The summed E-state index contributed by atoms with van der Waals surface area (Å²) < 4.78 is 11.7. The second-order valence-electron chi connectivity index (χ2n) is 4.76. The fourth-order valence-electron chi connectivity index (χ4n) is 2.37. The molecule has 0 aliphatic carbocycles. The van der Waals surface area contributed by atoms with Crippen LogP contribution in [0, 0.1) is 0 Å². The quantitative estimate of drug-likeness (QED) is 0.652. The van der Waals surface area contributed by atoms with Crippen molar-refractivity contribution in [2.45, 2.75) is 37.7 Å². The van der Waals surface area contributed by atoms with Crippen molar-refractivity contribution >= 4 is 0 Å². The summed E-state index contributed by atoms with van der Waals surface area (Å²) in [4.78, 5) is 25.4. The number of nitrogens with one attached hydrogen (secondary N) is 1. The van der Waals surface area contributed by atoms with Crippen molar-refractivity contribution in [3.63, 3.8) is 0 Å². The molecular formula is C12H18N2O6. The van der Waals surface area contributed by atoms with E-state index in [1.165, 1.54) is 13.3 Å². The van der Waals surface area contributed by atoms with E-state index in [9.17, 15) is 19.8 Å². The van der Waals surface area contributed by atoms with Crippen LogP contribution in [0.15, 0.2) is 15.8 Å². The van der Waals surface area contributed by atoms with Gasteiger partial charge in [-0.2, -0.15) is 0 Å². The zero-order valence-electron chi connectivity index (χ0n) is 11.3. The number of H-pyrrole nitrogens is 1. The lowest BCUT2D eigenvalue weighted by atomic mass is 9.95. The van der Waals surface area contributed by atoms with Gasteiger partial charge >= 0.3 is 5.69 Å². The zero-order chi connectivity index (χ0) is 14.9. The molecule has 3 atom stereocenters. The summed E-state index contributed by atoms with van der Waals surface area (Å²) in [5.74, 6) is -0.0271. The molecule has 1 fully saturated rings. The summed E-state index contributed by atoms with van der Waals surface area (Å²) in [7, 11) is 1.31. The summed E-state index contributed by atoms with van der Waals surface area (Å²) in [6, 6.07) is 0. The van der Waals surface area contributed by atoms with Crippen molar-refractivity contribution in [1.29, 1.82) is 0 Å². The van der Waals surface area contributed by atoms with Gasteiger partial charge in [-0.15, -0.1) is 0 Å². The highest BCUT2D eigenvalue weighted by Crippen LogP contribution is 2.38. The van der Waals surface area contributed by atoms with Crippen LogP contribution in [0.1, 0.15) is 26.0 Å². The third-order valence-electron chi connectivity index (χ3n) is 3.73. The molecule has 1 aromatic heterocycles. The Hall–Kier alpha value is -1.64. The molecule has 8 nitrogen and oxygen atoms in total. The minimum atomic E-state index is -1.09. The maximum Gasteiger partial charge on any atom is 0.330 e. The van der Waals surface area contributed by atoms with E-state index in [1.54, 1.807) is 6.92 Å². The summed E-state index contributed by atoms with van der Waals surface area (Å²) in [5, 5.41) is 19.5. The number of rotatable bonds is 4. The molecule has 3 N–H and O–H groups in total. The third-order valence-corrected chi connectivity index (χ3v) is 3.73. The van der Waals surface area contributed by atoms with E-state index < -0.39 is 29.2 Å². The van der Waals surface area contributed by atoms with Gasteiger partial charge in [0.2, 0.25) is 5.75 Å². The number of aliphatic hydroxyl groups is 2. The van der Waals surface area contributed by atoms with Gasteiger partial charge in [0.1, 0.15) is 11.8 Å². The maximum atomic E-state index is 11.8. The number of methoxy groups -OCH3 is 1. The van der Waals surface area contributed by atoms with E-state index in [-0.39, 0.29) is 18.8 Å². The molecule has 0 bridgehead atoms. The zero-order valence-corrected chi connectivity index (χ0v) is 11.3. The monoisotopic (exact) mass is 286 g/mol. The Morgan fingerprint density at radius 1 is 1.60 bits per heavy atom. The van der Waals surface area contributed by atoms with Crippen molar-refractivity contribution in [3.05, 3.63) is 27.0 Å². The summed E-state index contributed by atoms with van der Waals surface area (Å²) in [6.45, 7) is 1.43. The van der Waals surface area contributed by atoms with Crippen molar-refractivity contribution < 1.29 is 19.7 Å². The molecule has 1 aromatic rings. The van der Waals surface area contributed by atoms with Gasteiger partial charge < -0.3 is 19.7 Å². The second-order valence-corrected chi connectivity index (χ2v) is 4.76. The average molecular weight is 286 g/mol. The molecule has 8 heteroatoms. The molecule has 1 aliphatic rings. The molecule has 20 heavy (non-hydrogen) atoms. The van der Waals surface area contributed by atoms with E-state index in [0.717, 1.165) is 4.57 Å². The lowest BCUT2D eigenvalue weighted by molar-refractivity contribution is -0.130. The predicted molar refractivity (Wildman–Crippen MR) is 68.7 cm³/mol. The first-order valence-corrected chi connectivity index (χ1v) is 6.33. The van der Waals surface area contributed by atoms with Crippen LogP contribution in [0.2, 0.25) is 0 Å². The van der Waals surface area contributed by atoms with Crippen LogP contribution in [0.4, 0.5) is 0 Å². The lowest BCUT2D eigenvalue weighted by Gasteiger charge is -2.28. The standard InChI is InChI=1S/C12H18N2O6/c1-3-12(6-15)8(16)4-9(20-12)14-5-7(19-2)10(17)13-11(14)18/h5,8-9,15-16H,3-4,6H2,1-2H3,(H,13,17,18)/t8?,9?,12-/m1/s1. The van der Waals surface area contributed by atoms with Crippen LogP contribution in [-0.4, -0.2) is 45.2 Å². The fourth-order valence-corrected chi connectivity index (χ4v) is 2.37. The molecule has 0 radical (unpaired) electrons. The van der Waals surface area contributed by atoms with Crippen molar-refractivity contribution in [3.8, 4) is 5.75 Å². The van der Waals surface area contributed by atoms with Crippen LogP contribution in [0.5, 0.6) is 5.75 Å². The minimum absolute atomic E-state index is 0.0271. The number of ether oxygens (including phenoxy) is 2. The molecule has 2 heterocycles. The van der Waals surface area contributed by atoms with Crippen LogP contribution in [-0.2, 0) is 4.74 Å². The minimum Gasteiger partial charge on any atom is -0.490 e. The van der Waals surface area contributed by atoms with Crippen LogP contribution in [0.3, 0.4) is 0 Å². The molecule has 2 unspecified atom stereocenters. The number of hydrogen-bond donors (Lipinski definition) is 3. The first-order chi connectivity index (χ1) is 9.47. The lowest BCUT2D eigenvalue weighted by Crippen LogP contribution is -2.42. The molecule has 0 saturated carbocycles. The Kier molecular flexibility index (Phi) is 3.98. The molecule has 2 rings (SSSR count). The summed E-state index contributed by atoms with van der Waals surface area (Å²) in [6.07, 6.45) is 0.115. The SMILES string of the molecule is CC[C@]1(CO)OC(n2cc(OC)c(=O)[nH]c2=O)CC1O. The van der Waals surface area contributed by atoms with Crippen molar-refractivity contribution in [2.75, 3.05) is 13.7 Å². The Balaban J connectivity index is 2.39. The van der Waals surface area contributed by atoms with Crippen molar-refractivity contribution in [1.82, 2.24) is 9.55 Å². The molecule has 112 valence electrons. The van der Waals surface area contributed by atoms with Crippen LogP contribution < -0.4 is 16.0 Å². The maximum absolute atomic E-state index is 11.8.